The Labute approximate surface area is 169 Å². The molecule has 26 heavy (non-hydrogen) atoms. The second-order valence-electron chi connectivity index (χ2n) is 4.77. The van der Waals surface area contributed by atoms with E-state index < -0.39 is 0 Å². The maximum absolute atomic E-state index is 5.92. The van der Waals surface area contributed by atoms with E-state index in [9.17, 15) is 0 Å². The Morgan fingerprint density at radius 3 is 1.96 bits per heavy atom. The summed E-state index contributed by atoms with van der Waals surface area (Å²) in [7, 11) is 0. The maximum Gasteiger partial charge on any atom is 0.208 e. The molecule has 0 amide bonds. The normalized spacial score (nSPS) is 10.3. The van der Waals surface area contributed by atoms with Crippen molar-refractivity contribution < 1.29 is 0 Å². The summed E-state index contributed by atoms with van der Waals surface area (Å²) in [6.07, 6.45) is 9.89. The number of halogens is 4. The van der Waals surface area contributed by atoms with E-state index >= 15 is 0 Å². The molecular formula is C16H10Cl4N6. The fourth-order valence-corrected chi connectivity index (χ4v) is 2.74. The first-order valence-corrected chi connectivity index (χ1v) is 8.68. The lowest BCUT2D eigenvalue weighted by molar-refractivity contribution is 0.994. The second-order valence-corrected chi connectivity index (χ2v) is 6.29. The lowest BCUT2D eigenvalue weighted by atomic mass is 10.4. The van der Waals surface area contributed by atoms with Crippen molar-refractivity contribution in [3.8, 4) is 11.6 Å². The van der Waals surface area contributed by atoms with E-state index in [1.165, 1.54) is 0 Å². The Morgan fingerprint density at radius 2 is 1.38 bits per heavy atom. The van der Waals surface area contributed by atoms with Gasteiger partial charge in [-0.2, -0.15) is 0 Å². The van der Waals surface area contributed by atoms with Crippen LogP contribution in [0.3, 0.4) is 0 Å². The van der Waals surface area contributed by atoms with Crippen molar-refractivity contribution in [2.75, 3.05) is 0 Å². The number of imidazole rings is 2. The molecule has 0 fully saturated rings. The first-order valence-electron chi connectivity index (χ1n) is 7.17. The topological polar surface area (TPSA) is 61.4 Å². The third-order valence-corrected chi connectivity index (χ3v) is 4.20. The van der Waals surface area contributed by atoms with E-state index in [2.05, 4.69) is 19.9 Å². The van der Waals surface area contributed by atoms with E-state index in [1.54, 1.807) is 70.6 Å². The molecule has 0 aliphatic carbocycles. The van der Waals surface area contributed by atoms with Crippen molar-refractivity contribution in [1.82, 2.24) is 29.1 Å². The quantitative estimate of drug-likeness (QED) is 0.443. The summed E-state index contributed by atoms with van der Waals surface area (Å²) in [5, 5.41) is 1.88. The Balaban J connectivity index is 0.000000151. The van der Waals surface area contributed by atoms with Gasteiger partial charge in [0.1, 0.15) is 5.82 Å². The van der Waals surface area contributed by atoms with Crippen molar-refractivity contribution in [3.63, 3.8) is 0 Å². The van der Waals surface area contributed by atoms with Gasteiger partial charge in [0, 0.05) is 48.3 Å². The smallest absolute Gasteiger partial charge is 0.208 e. The number of nitrogens with zero attached hydrogens (tertiary/aromatic N) is 6. The Kier molecular flexibility index (Phi) is 6.11. The van der Waals surface area contributed by atoms with Crippen LogP contribution in [0.2, 0.25) is 20.6 Å². The molecule has 132 valence electrons. The lowest BCUT2D eigenvalue weighted by Gasteiger charge is -2.03. The van der Waals surface area contributed by atoms with Crippen molar-refractivity contribution in [1.29, 1.82) is 0 Å². The van der Waals surface area contributed by atoms with Crippen LogP contribution in [0.15, 0.2) is 61.4 Å². The van der Waals surface area contributed by atoms with Crippen LogP contribution < -0.4 is 0 Å². The summed E-state index contributed by atoms with van der Waals surface area (Å²) < 4.78 is 3.26. The molecule has 6 nitrogen and oxygen atoms in total. The number of rotatable bonds is 2. The number of hydrogen-bond donors (Lipinski definition) is 0. The van der Waals surface area contributed by atoms with E-state index in [0.717, 1.165) is 0 Å². The minimum Gasteiger partial charge on any atom is -0.274 e. The zero-order valence-corrected chi connectivity index (χ0v) is 16.0. The number of pyridine rings is 2. The van der Waals surface area contributed by atoms with Crippen LogP contribution in [-0.2, 0) is 0 Å². The van der Waals surface area contributed by atoms with Crippen LogP contribution in [-0.4, -0.2) is 29.1 Å². The molecule has 4 rings (SSSR count). The second kappa shape index (κ2) is 8.51. The average molecular weight is 428 g/mol. The lowest BCUT2D eigenvalue weighted by Crippen LogP contribution is -1.96. The first-order chi connectivity index (χ1) is 12.6. The van der Waals surface area contributed by atoms with Crippen LogP contribution >= 0.6 is 46.4 Å². The number of hydrogen-bond acceptors (Lipinski definition) is 4. The van der Waals surface area contributed by atoms with Crippen LogP contribution in [0.25, 0.3) is 11.6 Å². The van der Waals surface area contributed by atoms with E-state index in [0.29, 0.717) is 32.2 Å². The van der Waals surface area contributed by atoms with E-state index in [1.807, 2.05) is 0 Å². The molecule has 0 bridgehead atoms. The highest BCUT2D eigenvalue weighted by molar-refractivity contribution is 6.32. The highest BCUT2D eigenvalue weighted by Crippen LogP contribution is 2.20. The van der Waals surface area contributed by atoms with Gasteiger partial charge in [-0.05, 0) is 41.4 Å². The molecule has 0 unspecified atom stereocenters. The fourth-order valence-electron chi connectivity index (χ4n) is 1.98. The Morgan fingerprint density at radius 1 is 0.692 bits per heavy atom. The van der Waals surface area contributed by atoms with E-state index in [4.69, 9.17) is 46.4 Å². The van der Waals surface area contributed by atoms with Gasteiger partial charge in [-0.1, -0.05) is 23.2 Å². The molecule has 0 saturated heterocycles. The van der Waals surface area contributed by atoms with Crippen molar-refractivity contribution >= 4 is 46.4 Å². The molecule has 0 aromatic carbocycles. The highest BCUT2D eigenvalue weighted by Gasteiger charge is 2.06. The Bertz CT molecular complexity index is 1010. The summed E-state index contributed by atoms with van der Waals surface area (Å²) in [5.74, 6) is 1.25. The van der Waals surface area contributed by atoms with Crippen LogP contribution in [0.1, 0.15) is 0 Å². The van der Waals surface area contributed by atoms with Gasteiger partial charge in [0.2, 0.25) is 10.6 Å². The zero-order valence-electron chi connectivity index (χ0n) is 13.0. The molecule has 0 aliphatic rings. The summed E-state index contributed by atoms with van der Waals surface area (Å²) in [4.78, 5) is 15.9. The number of aromatic nitrogens is 6. The van der Waals surface area contributed by atoms with Crippen LogP contribution in [0.5, 0.6) is 0 Å². The van der Waals surface area contributed by atoms with Gasteiger partial charge in [0.15, 0.2) is 5.82 Å². The zero-order chi connectivity index (χ0) is 18.5. The predicted molar refractivity (Wildman–Crippen MR) is 103 cm³/mol. The first kappa shape index (κ1) is 18.7. The predicted octanol–water partition coefficient (Wildman–Crippen LogP) is 5.15. The standard InChI is InChI=1S/2C8H5Cl2N3/c9-6-1-2-11-7(5-6)13-4-3-12-8(13)10;9-6-2-1-3-11-7(6)13-5-4-12-8(13)10/h2*1-5H. The van der Waals surface area contributed by atoms with Gasteiger partial charge in [0.05, 0.1) is 5.02 Å². The maximum atomic E-state index is 5.92. The molecule has 0 atom stereocenters. The highest BCUT2D eigenvalue weighted by atomic mass is 35.5. The average Bonchev–Trinajstić information content (AvgIpc) is 3.24. The summed E-state index contributed by atoms with van der Waals surface area (Å²) >= 11 is 23.3. The molecule has 0 spiro atoms. The third kappa shape index (κ3) is 4.34. The minimum atomic E-state index is 0.348. The molecule has 10 heteroatoms. The third-order valence-electron chi connectivity index (χ3n) is 3.11. The molecule has 4 aromatic heterocycles. The summed E-state index contributed by atoms with van der Waals surface area (Å²) in [6.45, 7) is 0. The van der Waals surface area contributed by atoms with Gasteiger partial charge in [-0.15, -0.1) is 0 Å². The van der Waals surface area contributed by atoms with Gasteiger partial charge in [-0.25, -0.2) is 19.9 Å². The van der Waals surface area contributed by atoms with Gasteiger partial charge in [0.25, 0.3) is 0 Å². The van der Waals surface area contributed by atoms with E-state index in [-0.39, 0.29) is 0 Å². The molecule has 0 radical (unpaired) electrons. The largest absolute Gasteiger partial charge is 0.274 e. The van der Waals surface area contributed by atoms with Gasteiger partial charge in [-0.3, -0.25) is 9.13 Å². The van der Waals surface area contributed by atoms with Crippen LogP contribution in [0, 0.1) is 0 Å². The molecule has 4 aromatic rings. The minimum absolute atomic E-state index is 0.348. The van der Waals surface area contributed by atoms with Crippen molar-refractivity contribution in [3.05, 3.63) is 82.1 Å². The van der Waals surface area contributed by atoms with Gasteiger partial charge >= 0.3 is 0 Å². The van der Waals surface area contributed by atoms with Crippen LogP contribution in [0.4, 0.5) is 0 Å². The SMILES string of the molecule is Clc1cccnc1-n1ccnc1Cl.Clc1ccnc(-n2ccnc2Cl)c1. The fraction of sp³-hybridized carbons (Fsp3) is 0. The van der Waals surface area contributed by atoms with Crippen molar-refractivity contribution in [2.45, 2.75) is 0 Å². The molecular weight excluding hydrogens is 418 g/mol. The monoisotopic (exact) mass is 426 g/mol. The molecule has 0 N–H and O–H groups in total. The van der Waals surface area contributed by atoms with Gasteiger partial charge < -0.3 is 0 Å². The molecule has 4 heterocycles. The molecule has 0 saturated carbocycles. The van der Waals surface area contributed by atoms with Crippen molar-refractivity contribution in [2.24, 2.45) is 0 Å². The summed E-state index contributed by atoms with van der Waals surface area (Å²) in [6, 6.07) is 6.93. The summed E-state index contributed by atoms with van der Waals surface area (Å²) in [5.41, 5.74) is 0. The molecule has 0 aliphatic heterocycles. The Hall–Kier alpha value is -2.12.